The van der Waals surface area contributed by atoms with E-state index in [4.69, 9.17) is 4.74 Å². The molecule has 2 atom stereocenters. The highest BCUT2D eigenvalue weighted by Crippen LogP contribution is 2.43. The highest BCUT2D eigenvalue weighted by atomic mass is 79.9. The van der Waals surface area contributed by atoms with Crippen LogP contribution in [0.15, 0.2) is 22.7 Å². The van der Waals surface area contributed by atoms with E-state index in [1.54, 1.807) is 0 Å². The molecule has 1 fully saturated rings. The summed E-state index contributed by atoms with van der Waals surface area (Å²) in [5.41, 5.74) is 0.422. The van der Waals surface area contributed by atoms with Gasteiger partial charge in [-0.2, -0.15) is 0 Å². The summed E-state index contributed by atoms with van der Waals surface area (Å²) in [5, 5.41) is 5.70. The second-order valence-electron chi connectivity index (χ2n) is 4.35. The van der Waals surface area contributed by atoms with Crippen LogP contribution in [0.5, 0.6) is 5.75 Å². The van der Waals surface area contributed by atoms with Crippen LogP contribution in [0.3, 0.4) is 0 Å². The molecule has 2 amide bonds. The molecule has 84 valence electrons. The fraction of sp³-hybridized carbons (Fsp3) is 0.364. The third-order valence-electron chi connectivity index (χ3n) is 2.98. The molecule has 1 saturated heterocycles. The summed E-state index contributed by atoms with van der Waals surface area (Å²) < 4.78 is 6.79. The molecule has 0 aliphatic carbocycles. The van der Waals surface area contributed by atoms with Gasteiger partial charge in [0.2, 0.25) is 0 Å². The first-order valence-electron chi connectivity index (χ1n) is 5.13. The Kier molecular flexibility index (Phi) is 1.95. The number of benzene rings is 1. The summed E-state index contributed by atoms with van der Waals surface area (Å²) in [6.07, 6.45) is 0.738. The highest BCUT2D eigenvalue weighted by molar-refractivity contribution is 9.10. The van der Waals surface area contributed by atoms with Crippen LogP contribution in [-0.2, 0) is 0 Å². The molecule has 2 heterocycles. The maximum atomic E-state index is 11.5. The van der Waals surface area contributed by atoms with Crippen molar-refractivity contribution in [3.05, 3.63) is 28.2 Å². The average molecular weight is 283 g/mol. The summed E-state index contributed by atoms with van der Waals surface area (Å²) in [6, 6.07) is 5.72. The van der Waals surface area contributed by atoms with Crippen LogP contribution in [0.2, 0.25) is 0 Å². The average Bonchev–Trinajstić information content (AvgIpc) is 2.18. The van der Waals surface area contributed by atoms with Crippen molar-refractivity contribution in [1.29, 1.82) is 0 Å². The second kappa shape index (κ2) is 3.13. The minimum atomic E-state index is -0.607. The van der Waals surface area contributed by atoms with E-state index in [1.165, 1.54) is 0 Å². The lowest BCUT2D eigenvalue weighted by molar-refractivity contribution is 0.0111. The van der Waals surface area contributed by atoms with E-state index in [1.807, 2.05) is 25.1 Å². The topological polar surface area (TPSA) is 50.4 Å². The van der Waals surface area contributed by atoms with Gasteiger partial charge in [0.05, 0.1) is 10.5 Å². The highest BCUT2D eigenvalue weighted by Gasteiger charge is 2.43. The number of hydrogen-bond acceptors (Lipinski definition) is 2. The zero-order valence-corrected chi connectivity index (χ0v) is 10.3. The number of nitrogens with one attached hydrogen (secondary N) is 2. The van der Waals surface area contributed by atoms with Crippen molar-refractivity contribution in [1.82, 2.24) is 10.6 Å². The van der Waals surface area contributed by atoms with Crippen LogP contribution < -0.4 is 15.4 Å². The Morgan fingerprint density at radius 3 is 3.19 bits per heavy atom. The first-order chi connectivity index (χ1) is 7.57. The number of halogens is 1. The van der Waals surface area contributed by atoms with Gasteiger partial charge in [-0.1, -0.05) is 12.1 Å². The molecule has 2 bridgehead atoms. The van der Waals surface area contributed by atoms with Gasteiger partial charge in [0.1, 0.15) is 5.75 Å². The Bertz CT molecular complexity index is 477. The zero-order chi connectivity index (χ0) is 11.3. The van der Waals surface area contributed by atoms with E-state index in [0.29, 0.717) is 0 Å². The number of ether oxygens (including phenoxy) is 1. The van der Waals surface area contributed by atoms with Gasteiger partial charge in [0.15, 0.2) is 5.72 Å². The molecule has 0 saturated carbocycles. The van der Waals surface area contributed by atoms with E-state index in [2.05, 4.69) is 26.6 Å². The third kappa shape index (κ3) is 1.38. The predicted molar refractivity (Wildman–Crippen MR) is 62.2 cm³/mol. The molecule has 5 heteroatoms. The SMILES string of the molecule is CC12CC(NC(=O)N1)c1cccc(Br)c1O2. The van der Waals surface area contributed by atoms with Crippen LogP contribution in [0.1, 0.15) is 24.9 Å². The van der Waals surface area contributed by atoms with Crippen molar-refractivity contribution in [3.63, 3.8) is 0 Å². The summed E-state index contributed by atoms with van der Waals surface area (Å²) >= 11 is 3.46. The summed E-state index contributed by atoms with van der Waals surface area (Å²) in [4.78, 5) is 11.5. The first-order valence-corrected chi connectivity index (χ1v) is 5.93. The lowest BCUT2D eigenvalue weighted by atomic mass is 9.92. The van der Waals surface area contributed by atoms with Crippen LogP contribution >= 0.6 is 15.9 Å². The molecular weight excluding hydrogens is 272 g/mol. The van der Waals surface area contributed by atoms with Crippen LogP contribution in [-0.4, -0.2) is 11.8 Å². The number of amides is 2. The van der Waals surface area contributed by atoms with Gasteiger partial charge in [0, 0.05) is 12.0 Å². The molecule has 1 aromatic rings. The van der Waals surface area contributed by atoms with Crippen molar-refractivity contribution in [2.75, 3.05) is 0 Å². The van der Waals surface area contributed by atoms with Crippen LogP contribution in [0, 0.1) is 0 Å². The number of hydrogen-bond donors (Lipinski definition) is 2. The first kappa shape index (κ1) is 9.96. The molecular formula is C11H11BrN2O2. The van der Waals surface area contributed by atoms with E-state index in [9.17, 15) is 4.79 Å². The van der Waals surface area contributed by atoms with Gasteiger partial charge < -0.3 is 15.4 Å². The van der Waals surface area contributed by atoms with Crippen molar-refractivity contribution < 1.29 is 9.53 Å². The van der Waals surface area contributed by atoms with E-state index in [0.717, 1.165) is 22.2 Å². The quantitative estimate of drug-likeness (QED) is 0.767. The third-order valence-corrected chi connectivity index (χ3v) is 3.60. The summed E-state index contributed by atoms with van der Waals surface area (Å²) in [5.74, 6) is 0.814. The van der Waals surface area contributed by atoms with E-state index in [-0.39, 0.29) is 12.1 Å². The predicted octanol–water partition coefficient (Wildman–Crippen LogP) is 2.30. The van der Waals surface area contributed by atoms with Gasteiger partial charge in [-0.15, -0.1) is 0 Å². The number of para-hydroxylation sites is 1. The Balaban J connectivity index is 2.14. The lowest BCUT2D eigenvalue weighted by Gasteiger charge is -2.44. The Labute approximate surface area is 101 Å². The standard InChI is InChI=1S/C11H11BrN2O2/c1-11-5-8(13-10(15)14-11)6-3-2-4-7(12)9(6)16-11/h2-4,8H,5H2,1H3,(H2,13,14,15). The monoisotopic (exact) mass is 282 g/mol. The van der Waals surface area contributed by atoms with E-state index >= 15 is 0 Å². The normalized spacial score (nSPS) is 30.9. The molecule has 0 radical (unpaired) electrons. The molecule has 2 unspecified atom stereocenters. The molecule has 4 nitrogen and oxygen atoms in total. The maximum Gasteiger partial charge on any atom is 0.318 e. The molecule has 2 aliphatic heterocycles. The fourth-order valence-corrected chi connectivity index (χ4v) is 2.78. The van der Waals surface area contributed by atoms with Gasteiger partial charge >= 0.3 is 6.03 Å². The van der Waals surface area contributed by atoms with Crippen molar-refractivity contribution in [2.24, 2.45) is 0 Å². The van der Waals surface area contributed by atoms with Gasteiger partial charge in [-0.25, -0.2) is 4.79 Å². The minimum absolute atomic E-state index is 0.0278. The number of urea groups is 1. The summed E-state index contributed by atoms with van der Waals surface area (Å²) in [6.45, 7) is 1.89. The van der Waals surface area contributed by atoms with Gasteiger partial charge in [0.25, 0.3) is 0 Å². The second-order valence-corrected chi connectivity index (χ2v) is 5.20. The zero-order valence-electron chi connectivity index (χ0n) is 8.71. The van der Waals surface area contributed by atoms with Crippen molar-refractivity contribution >= 4 is 22.0 Å². The number of carbonyl (C=O) groups excluding carboxylic acids is 1. The van der Waals surface area contributed by atoms with E-state index < -0.39 is 5.72 Å². The smallest absolute Gasteiger partial charge is 0.318 e. The summed E-state index contributed by atoms with van der Waals surface area (Å²) in [7, 11) is 0. The van der Waals surface area contributed by atoms with Gasteiger partial charge in [-0.05, 0) is 28.9 Å². The van der Waals surface area contributed by atoms with Crippen LogP contribution in [0.25, 0.3) is 0 Å². The molecule has 3 rings (SSSR count). The van der Waals surface area contributed by atoms with Crippen LogP contribution in [0.4, 0.5) is 4.79 Å². The number of fused-ring (bicyclic) bond motifs is 4. The minimum Gasteiger partial charge on any atom is -0.467 e. The molecule has 1 aromatic carbocycles. The lowest BCUT2D eigenvalue weighted by Crippen LogP contribution is -2.62. The number of carbonyl (C=O) groups is 1. The molecule has 2 aliphatic rings. The largest absolute Gasteiger partial charge is 0.467 e. The van der Waals surface area contributed by atoms with Crippen molar-refractivity contribution in [3.8, 4) is 5.75 Å². The number of rotatable bonds is 0. The Hall–Kier alpha value is -1.23. The fourth-order valence-electron chi connectivity index (χ4n) is 2.31. The Morgan fingerprint density at radius 1 is 1.56 bits per heavy atom. The maximum absolute atomic E-state index is 11.5. The molecule has 0 aromatic heterocycles. The van der Waals surface area contributed by atoms with Gasteiger partial charge in [-0.3, -0.25) is 0 Å². The molecule has 16 heavy (non-hydrogen) atoms. The molecule has 2 N–H and O–H groups in total. The Morgan fingerprint density at radius 2 is 2.38 bits per heavy atom. The molecule has 0 spiro atoms. The van der Waals surface area contributed by atoms with Crippen molar-refractivity contribution in [2.45, 2.75) is 25.1 Å².